The molecule has 5 nitrogen and oxygen atoms in total. The van der Waals surface area contributed by atoms with Crippen LogP contribution in [0.4, 0.5) is 0 Å². The summed E-state index contributed by atoms with van der Waals surface area (Å²) >= 11 is 6.03. The number of carbonyl (C=O) groups excluding carboxylic acids is 2. The predicted molar refractivity (Wildman–Crippen MR) is 79.0 cm³/mol. The van der Waals surface area contributed by atoms with Crippen LogP contribution < -0.4 is 4.74 Å². The average Bonchev–Trinajstić information content (AvgIpc) is 2.69. The summed E-state index contributed by atoms with van der Waals surface area (Å²) in [6.45, 7) is 2.91. The molecule has 0 atom stereocenters. The van der Waals surface area contributed by atoms with Crippen LogP contribution in [-0.4, -0.2) is 43.6 Å². The van der Waals surface area contributed by atoms with Gasteiger partial charge in [-0.05, 0) is 24.6 Å². The van der Waals surface area contributed by atoms with Crippen molar-refractivity contribution in [1.82, 2.24) is 4.90 Å². The zero-order valence-electron chi connectivity index (χ0n) is 11.9. The van der Waals surface area contributed by atoms with Crippen LogP contribution in [0.25, 0.3) is 5.57 Å². The second-order valence-corrected chi connectivity index (χ2v) is 4.78. The Morgan fingerprint density at radius 2 is 1.81 bits per heavy atom. The van der Waals surface area contributed by atoms with Gasteiger partial charge in [0.2, 0.25) is 0 Å². The zero-order valence-corrected chi connectivity index (χ0v) is 12.6. The molecule has 1 aliphatic rings. The summed E-state index contributed by atoms with van der Waals surface area (Å²) < 4.78 is 10.2. The lowest BCUT2D eigenvalue weighted by Crippen LogP contribution is -2.34. The molecule has 1 aromatic carbocycles. The van der Waals surface area contributed by atoms with Crippen molar-refractivity contribution < 1.29 is 19.1 Å². The highest BCUT2D eigenvalue weighted by Gasteiger charge is 2.37. The maximum Gasteiger partial charge on any atom is 0.273 e. The van der Waals surface area contributed by atoms with E-state index in [1.165, 1.54) is 7.11 Å². The van der Waals surface area contributed by atoms with E-state index in [0.717, 1.165) is 4.90 Å². The molecule has 1 aromatic rings. The summed E-state index contributed by atoms with van der Waals surface area (Å²) in [5, 5.41) is -0.0553. The Morgan fingerprint density at radius 1 is 1.14 bits per heavy atom. The molecule has 0 aromatic heterocycles. The first-order valence-corrected chi connectivity index (χ1v) is 6.96. The molecule has 0 saturated heterocycles. The van der Waals surface area contributed by atoms with E-state index in [2.05, 4.69) is 0 Å². The topological polar surface area (TPSA) is 55.8 Å². The molecule has 0 aliphatic carbocycles. The summed E-state index contributed by atoms with van der Waals surface area (Å²) in [5.74, 6) is -0.181. The molecule has 6 heteroatoms. The third-order valence-electron chi connectivity index (χ3n) is 3.08. The number of imide groups is 1. The molecule has 1 aliphatic heterocycles. The number of amides is 2. The van der Waals surface area contributed by atoms with E-state index in [1.54, 1.807) is 24.3 Å². The second-order valence-electron chi connectivity index (χ2n) is 4.40. The molecule has 2 amide bonds. The number of carbonyl (C=O) groups is 2. The van der Waals surface area contributed by atoms with Crippen molar-refractivity contribution in [3.8, 4) is 5.75 Å². The lowest BCUT2D eigenvalue weighted by molar-refractivity contribution is -0.137. The number of ether oxygens (including phenoxy) is 2. The van der Waals surface area contributed by atoms with Crippen LogP contribution in [0.15, 0.2) is 29.3 Å². The van der Waals surface area contributed by atoms with E-state index in [9.17, 15) is 9.59 Å². The van der Waals surface area contributed by atoms with Crippen molar-refractivity contribution in [3.05, 3.63) is 34.9 Å². The van der Waals surface area contributed by atoms with Crippen molar-refractivity contribution in [3.63, 3.8) is 0 Å². The Kier molecular flexibility index (Phi) is 4.98. The van der Waals surface area contributed by atoms with Crippen LogP contribution in [0.2, 0.25) is 0 Å². The van der Waals surface area contributed by atoms with E-state index in [1.807, 2.05) is 6.92 Å². The van der Waals surface area contributed by atoms with Crippen molar-refractivity contribution in [2.24, 2.45) is 0 Å². The highest BCUT2D eigenvalue weighted by Crippen LogP contribution is 2.32. The van der Waals surface area contributed by atoms with Gasteiger partial charge in [0.25, 0.3) is 11.8 Å². The minimum atomic E-state index is -0.484. The van der Waals surface area contributed by atoms with Crippen molar-refractivity contribution in [1.29, 1.82) is 0 Å². The molecular weight excluding hydrogens is 294 g/mol. The van der Waals surface area contributed by atoms with Crippen LogP contribution in [0.1, 0.15) is 12.5 Å². The summed E-state index contributed by atoms with van der Waals surface area (Å²) in [5.41, 5.74) is 0.822. The van der Waals surface area contributed by atoms with Crippen molar-refractivity contribution in [2.75, 3.05) is 26.9 Å². The predicted octanol–water partition coefficient (Wildman–Crippen LogP) is 2.05. The van der Waals surface area contributed by atoms with Gasteiger partial charge in [-0.2, -0.15) is 0 Å². The molecule has 0 fully saturated rings. The van der Waals surface area contributed by atoms with Gasteiger partial charge < -0.3 is 9.47 Å². The fourth-order valence-corrected chi connectivity index (χ4v) is 2.36. The molecule has 21 heavy (non-hydrogen) atoms. The lowest BCUT2D eigenvalue weighted by atomic mass is 10.1. The number of benzene rings is 1. The third-order valence-corrected chi connectivity index (χ3v) is 3.44. The Labute approximate surface area is 128 Å². The SMILES string of the molecule is CCOc1ccc(C2=C(Cl)C(=O)N(CCOC)C2=O)cc1. The minimum absolute atomic E-state index is 0.0553. The van der Waals surface area contributed by atoms with Gasteiger partial charge in [0, 0.05) is 7.11 Å². The molecule has 1 heterocycles. The van der Waals surface area contributed by atoms with Crippen LogP contribution in [0, 0.1) is 0 Å². The smallest absolute Gasteiger partial charge is 0.273 e. The molecule has 0 N–H and O–H groups in total. The average molecular weight is 310 g/mol. The first-order valence-electron chi connectivity index (χ1n) is 6.58. The summed E-state index contributed by atoms with van der Waals surface area (Å²) in [6, 6.07) is 6.92. The number of hydrogen-bond acceptors (Lipinski definition) is 4. The highest BCUT2D eigenvalue weighted by atomic mass is 35.5. The quantitative estimate of drug-likeness (QED) is 0.755. The number of halogens is 1. The van der Waals surface area contributed by atoms with Crippen LogP contribution in [0.5, 0.6) is 5.75 Å². The monoisotopic (exact) mass is 309 g/mol. The molecule has 112 valence electrons. The van der Waals surface area contributed by atoms with Gasteiger partial charge in [0.15, 0.2) is 0 Å². The van der Waals surface area contributed by atoms with Gasteiger partial charge in [0.05, 0.1) is 25.3 Å². The summed E-state index contributed by atoms with van der Waals surface area (Å²) in [4.78, 5) is 25.4. The van der Waals surface area contributed by atoms with E-state index >= 15 is 0 Å². The van der Waals surface area contributed by atoms with E-state index < -0.39 is 11.8 Å². The Morgan fingerprint density at radius 3 is 2.38 bits per heavy atom. The molecule has 0 saturated carbocycles. The van der Waals surface area contributed by atoms with E-state index in [-0.39, 0.29) is 23.8 Å². The third kappa shape index (κ3) is 3.09. The van der Waals surface area contributed by atoms with Crippen LogP contribution in [0.3, 0.4) is 0 Å². The molecule has 0 unspecified atom stereocenters. The van der Waals surface area contributed by atoms with E-state index in [4.69, 9.17) is 21.1 Å². The zero-order chi connectivity index (χ0) is 15.4. The van der Waals surface area contributed by atoms with Crippen molar-refractivity contribution in [2.45, 2.75) is 6.92 Å². The first-order chi connectivity index (χ1) is 10.1. The maximum absolute atomic E-state index is 12.3. The minimum Gasteiger partial charge on any atom is -0.494 e. The van der Waals surface area contributed by atoms with E-state index in [0.29, 0.717) is 17.9 Å². The summed E-state index contributed by atoms with van der Waals surface area (Å²) in [7, 11) is 1.51. The number of hydrogen-bond donors (Lipinski definition) is 0. The van der Waals surface area contributed by atoms with Crippen LogP contribution in [-0.2, 0) is 14.3 Å². The number of methoxy groups -OCH3 is 1. The molecule has 0 radical (unpaired) electrons. The van der Waals surface area contributed by atoms with Crippen LogP contribution >= 0.6 is 11.6 Å². The Bertz CT molecular complexity index is 580. The van der Waals surface area contributed by atoms with Gasteiger partial charge in [-0.3, -0.25) is 14.5 Å². The first kappa shape index (κ1) is 15.5. The standard InChI is InChI=1S/C15H16ClNO4/c1-3-21-11-6-4-10(5-7-11)12-13(16)15(19)17(14(12)18)8-9-20-2/h4-7H,3,8-9H2,1-2H3. The van der Waals surface area contributed by atoms with Gasteiger partial charge in [0.1, 0.15) is 10.8 Å². The molecule has 2 rings (SSSR count). The number of rotatable bonds is 6. The van der Waals surface area contributed by atoms with Gasteiger partial charge in [-0.1, -0.05) is 23.7 Å². The van der Waals surface area contributed by atoms with Crippen molar-refractivity contribution >= 4 is 29.0 Å². The summed E-state index contributed by atoms with van der Waals surface area (Å²) in [6.07, 6.45) is 0. The van der Waals surface area contributed by atoms with Gasteiger partial charge in [-0.15, -0.1) is 0 Å². The molecule has 0 bridgehead atoms. The number of nitrogens with zero attached hydrogens (tertiary/aromatic N) is 1. The lowest BCUT2D eigenvalue weighted by Gasteiger charge is -2.13. The second kappa shape index (κ2) is 6.74. The fraction of sp³-hybridized carbons (Fsp3) is 0.333. The Hall–Kier alpha value is -1.85. The largest absolute Gasteiger partial charge is 0.494 e. The highest BCUT2D eigenvalue weighted by molar-refractivity contribution is 6.55. The maximum atomic E-state index is 12.3. The Balaban J connectivity index is 2.26. The van der Waals surface area contributed by atoms with Gasteiger partial charge >= 0.3 is 0 Å². The normalized spacial score (nSPS) is 15.1. The fourth-order valence-electron chi connectivity index (χ4n) is 2.07. The molecular formula is C15H16ClNO4. The molecule has 0 spiro atoms. The van der Waals surface area contributed by atoms with Gasteiger partial charge in [-0.25, -0.2) is 0 Å².